The highest BCUT2D eigenvalue weighted by atomic mass is 35.5. The Bertz CT molecular complexity index is 575. The summed E-state index contributed by atoms with van der Waals surface area (Å²) in [6.07, 6.45) is 2.23. The number of ether oxygens (including phenoxy) is 3. The Morgan fingerprint density at radius 1 is 1.30 bits per heavy atom. The molecule has 0 aliphatic carbocycles. The average molecular weight is 341 g/mol. The highest BCUT2D eigenvalue weighted by Crippen LogP contribution is 2.38. The van der Waals surface area contributed by atoms with Crippen molar-refractivity contribution in [3.63, 3.8) is 0 Å². The molecule has 0 bridgehead atoms. The van der Waals surface area contributed by atoms with Gasteiger partial charge in [-0.2, -0.15) is 0 Å². The number of amides is 1. The van der Waals surface area contributed by atoms with E-state index in [2.05, 4.69) is 0 Å². The second-order valence-electron chi connectivity index (χ2n) is 5.87. The van der Waals surface area contributed by atoms with Crippen LogP contribution in [0.1, 0.15) is 18.4 Å². The number of benzene rings is 1. The van der Waals surface area contributed by atoms with Crippen LogP contribution in [0.3, 0.4) is 0 Å². The number of hydrogen-bond acceptors (Lipinski definition) is 5. The molecule has 126 valence electrons. The second kappa shape index (κ2) is 7.38. The molecule has 2 heterocycles. The van der Waals surface area contributed by atoms with Crippen molar-refractivity contribution in [2.45, 2.75) is 25.5 Å². The van der Waals surface area contributed by atoms with E-state index in [0.717, 1.165) is 25.0 Å². The molecule has 2 aliphatic heterocycles. The zero-order chi connectivity index (χ0) is 16.2. The molecular formula is C16H21ClN2O4. The molecule has 0 saturated carbocycles. The fraction of sp³-hybridized carbons (Fsp3) is 0.562. The minimum Gasteiger partial charge on any atom is -0.486 e. The van der Waals surface area contributed by atoms with Crippen molar-refractivity contribution in [2.24, 2.45) is 5.73 Å². The molecule has 23 heavy (non-hydrogen) atoms. The maximum atomic E-state index is 11.3. The molecule has 1 aromatic rings. The Morgan fingerprint density at radius 3 is 2.87 bits per heavy atom. The van der Waals surface area contributed by atoms with Crippen LogP contribution in [0.25, 0.3) is 0 Å². The fourth-order valence-corrected chi connectivity index (χ4v) is 3.28. The number of primary amides is 1. The van der Waals surface area contributed by atoms with Gasteiger partial charge in [0.2, 0.25) is 5.91 Å². The number of nitrogens with zero attached hydrogens (tertiary/aromatic N) is 1. The van der Waals surface area contributed by atoms with Crippen LogP contribution >= 0.6 is 11.6 Å². The lowest BCUT2D eigenvalue weighted by Gasteiger charge is -2.25. The molecule has 0 unspecified atom stereocenters. The first-order chi connectivity index (χ1) is 11.1. The third-order valence-electron chi connectivity index (χ3n) is 3.93. The SMILES string of the molecule is NC(=O)CN(Cc1cc(Cl)c2c(c1)OCCO2)C[C@@H]1CCCO1. The number of halogens is 1. The normalized spacial score (nSPS) is 20.0. The third kappa shape index (κ3) is 4.28. The van der Waals surface area contributed by atoms with Gasteiger partial charge in [0.05, 0.1) is 17.7 Å². The largest absolute Gasteiger partial charge is 0.486 e. The third-order valence-corrected chi connectivity index (χ3v) is 4.21. The minimum absolute atomic E-state index is 0.155. The Hall–Kier alpha value is -1.50. The van der Waals surface area contributed by atoms with E-state index in [0.29, 0.717) is 42.8 Å². The highest BCUT2D eigenvalue weighted by Gasteiger charge is 2.22. The van der Waals surface area contributed by atoms with Gasteiger partial charge in [-0.15, -0.1) is 0 Å². The lowest BCUT2D eigenvalue weighted by atomic mass is 10.1. The van der Waals surface area contributed by atoms with Crippen molar-refractivity contribution in [1.82, 2.24) is 4.90 Å². The molecule has 0 spiro atoms. The lowest BCUT2D eigenvalue weighted by molar-refractivity contribution is -0.119. The molecule has 7 heteroatoms. The average Bonchev–Trinajstić information content (AvgIpc) is 2.99. The van der Waals surface area contributed by atoms with Crippen molar-refractivity contribution >= 4 is 17.5 Å². The summed E-state index contributed by atoms with van der Waals surface area (Å²) in [5.41, 5.74) is 6.33. The van der Waals surface area contributed by atoms with Gasteiger partial charge in [-0.1, -0.05) is 11.6 Å². The Balaban J connectivity index is 1.73. The summed E-state index contributed by atoms with van der Waals surface area (Å²) in [7, 11) is 0. The summed E-state index contributed by atoms with van der Waals surface area (Å²) < 4.78 is 16.8. The predicted octanol–water partition coefficient (Wildman–Crippen LogP) is 1.58. The number of carbonyl (C=O) groups excluding carboxylic acids is 1. The highest BCUT2D eigenvalue weighted by molar-refractivity contribution is 6.32. The monoisotopic (exact) mass is 340 g/mol. The molecule has 0 radical (unpaired) electrons. The summed E-state index contributed by atoms with van der Waals surface area (Å²) in [5.74, 6) is 0.878. The van der Waals surface area contributed by atoms with Crippen molar-refractivity contribution < 1.29 is 19.0 Å². The zero-order valence-corrected chi connectivity index (χ0v) is 13.7. The zero-order valence-electron chi connectivity index (χ0n) is 12.9. The number of carbonyl (C=O) groups is 1. The van der Waals surface area contributed by atoms with Crippen molar-refractivity contribution in [2.75, 3.05) is 32.9 Å². The number of nitrogens with two attached hydrogens (primary N) is 1. The summed E-state index contributed by atoms with van der Waals surface area (Å²) in [4.78, 5) is 13.3. The van der Waals surface area contributed by atoms with E-state index >= 15 is 0 Å². The molecular weight excluding hydrogens is 320 g/mol. The van der Waals surface area contributed by atoms with Crippen LogP contribution in [0.4, 0.5) is 0 Å². The maximum Gasteiger partial charge on any atom is 0.231 e. The maximum absolute atomic E-state index is 11.3. The fourth-order valence-electron chi connectivity index (χ4n) is 3.00. The van der Waals surface area contributed by atoms with E-state index in [9.17, 15) is 4.79 Å². The Kier molecular flexibility index (Phi) is 5.25. The van der Waals surface area contributed by atoms with Gasteiger partial charge in [0.15, 0.2) is 11.5 Å². The van der Waals surface area contributed by atoms with Gasteiger partial charge in [-0.25, -0.2) is 0 Å². The molecule has 1 saturated heterocycles. The van der Waals surface area contributed by atoms with Crippen molar-refractivity contribution in [1.29, 1.82) is 0 Å². The summed E-state index contributed by atoms with van der Waals surface area (Å²) in [5, 5.41) is 0.522. The van der Waals surface area contributed by atoms with Crippen LogP contribution in [-0.2, 0) is 16.1 Å². The van der Waals surface area contributed by atoms with Crippen LogP contribution in [-0.4, -0.2) is 49.8 Å². The molecule has 6 nitrogen and oxygen atoms in total. The van der Waals surface area contributed by atoms with E-state index in [-0.39, 0.29) is 18.6 Å². The minimum atomic E-state index is -0.355. The van der Waals surface area contributed by atoms with Crippen molar-refractivity contribution in [3.05, 3.63) is 22.7 Å². The molecule has 3 rings (SSSR count). The molecule has 1 aromatic carbocycles. The first-order valence-corrected chi connectivity index (χ1v) is 8.20. The predicted molar refractivity (Wildman–Crippen MR) is 85.9 cm³/mol. The van der Waals surface area contributed by atoms with Crippen LogP contribution < -0.4 is 15.2 Å². The summed E-state index contributed by atoms with van der Waals surface area (Å²) in [6.45, 7) is 3.21. The van der Waals surface area contributed by atoms with Gasteiger partial charge in [-0.05, 0) is 30.5 Å². The summed E-state index contributed by atoms with van der Waals surface area (Å²) in [6, 6.07) is 3.75. The van der Waals surface area contributed by atoms with Crippen molar-refractivity contribution in [3.8, 4) is 11.5 Å². The van der Waals surface area contributed by atoms with Gasteiger partial charge in [0, 0.05) is 19.7 Å². The molecule has 1 atom stereocenters. The second-order valence-corrected chi connectivity index (χ2v) is 6.28. The van der Waals surface area contributed by atoms with Gasteiger partial charge >= 0.3 is 0 Å². The Morgan fingerprint density at radius 2 is 2.13 bits per heavy atom. The Labute approximate surface area is 140 Å². The standard InChI is InChI=1S/C16H21ClN2O4/c17-13-6-11(7-14-16(13)23-5-4-22-14)8-19(10-15(18)20)9-12-2-1-3-21-12/h6-7,12H,1-5,8-10H2,(H2,18,20)/t12-/m0/s1. The van der Waals surface area contributed by atoms with Gasteiger partial charge in [-0.3, -0.25) is 9.69 Å². The number of rotatable bonds is 6. The van der Waals surface area contributed by atoms with E-state index in [1.807, 2.05) is 17.0 Å². The number of hydrogen-bond donors (Lipinski definition) is 1. The first-order valence-electron chi connectivity index (χ1n) is 7.82. The van der Waals surface area contributed by atoms with E-state index < -0.39 is 0 Å². The van der Waals surface area contributed by atoms with E-state index in [1.165, 1.54) is 0 Å². The quantitative estimate of drug-likeness (QED) is 0.851. The molecule has 2 N–H and O–H groups in total. The lowest BCUT2D eigenvalue weighted by Crippen LogP contribution is -2.38. The molecule has 1 fully saturated rings. The molecule has 0 aromatic heterocycles. The van der Waals surface area contributed by atoms with Gasteiger partial charge in [0.25, 0.3) is 0 Å². The van der Waals surface area contributed by atoms with Crippen LogP contribution in [0.2, 0.25) is 5.02 Å². The first kappa shape index (κ1) is 16.4. The molecule has 1 amide bonds. The molecule has 2 aliphatic rings. The van der Waals surface area contributed by atoms with Gasteiger partial charge in [0.1, 0.15) is 13.2 Å². The van der Waals surface area contributed by atoms with Crippen LogP contribution in [0.15, 0.2) is 12.1 Å². The van der Waals surface area contributed by atoms with E-state index in [1.54, 1.807) is 0 Å². The summed E-state index contributed by atoms with van der Waals surface area (Å²) >= 11 is 6.27. The number of fused-ring (bicyclic) bond motifs is 1. The topological polar surface area (TPSA) is 74.0 Å². The van der Waals surface area contributed by atoms with E-state index in [4.69, 9.17) is 31.5 Å². The smallest absolute Gasteiger partial charge is 0.231 e. The van der Waals surface area contributed by atoms with Gasteiger partial charge < -0.3 is 19.9 Å². The van der Waals surface area contributed by atoms with Crippen LogP contribution in [0, 0.1) is 0 Å². The van der Waals surface area contributed by atoms with Crippen LogP contribution in [0.5, 0.6) is 11.5 Å².